The second-order valence-electron chi connectivity index (χ2n) is 2.66. The lowest BCUT2D eigenvalue weighted by molar-refractivity contribution is 0.969. The van der Waals surface area contributed by atoms with Crippen LogP contribution < -0.4 is 11.1 Å². The molecule has 0 spiro atoms. The third-order valence-electron chi connectivity index (χ3n) is 1.78. The molecule has 0 aliphatic rings. The summed E-state index contributed by atoms with van der Waals surface area (Å²) in [6.07, 6.45) is 0. The number of H-pyrrole nitrogens is 2. The first kappa shape index (κ1) is 8.97. The first-order valence-electron chi connectivity index (χ1n) is 3.89. The van der Waals surface area contributed by atoms with Gasteiger partial charge in [0.1, 0.15) is 11.3 Å². The summed E-state index contributed by atoms with van der Waals surface area (Å²) in [4.78, 5) is 28.8. The van der Waals surface area contributed by atoms with E-state index in [0.29, 0.717) is 0 Å². The van der Waals surface area contributed by atoms with E-state index in [-0.39, 0.29) is 16.7 Å². The van der Waals surface area contributed by atoms with Crippen molar-refractivity contribution >= 4 is 16.7 Å². The number of aromatic nitrogens is 3. The number of aromatic amines is 2. The van der Waals surface area contributed by atoms with Crippen molar-refractivity contribution in [2.24, 2.45) is 5.11 Å². The summed E-state index contributed by atoms with van der Waals surface area (Å²) >= 11 is 0. The van der Waals surface area contributed by atoms with Gasteiger partial charge in [-0.1, -0.05) is 0 Å². The van der Waals surface area contributed by atoms with Crippen LogP contribution in [0.5, 0.6) is 0 Å². The van der Waals surface area contributed by atoms with Crippen molar-refractivity contribution in [1.82, 2.24) is 15.2 Å². The Balaban J connectivity index is 2.93. The second kappa shape index (κ2) is 3.28. The lowest BCUT2D eigenvalue weighted by atomic mass is 10.3. The normalized spacial score (nSPS) is 9.87. The van der Waals surface area contributed by atoms with Crippen LogP contribution >= 0.6 is 0 Å². The van der Waals surface area contributed by atoms with Gasteiger partial charge in [0.25, 0.3) is 11.1 Å². The number of azide groups is 1. The van der Waals surface area contributed by atoms with Crippen LogP contribution in [0.1, 0.15) is 0 Å². The smallest absolute Gasteiger partial charge is 0.267 e. The number of nitrogens with one attached hydrogen (secondary N) is 2. The van der Waals surface area contributed by atoms with Crippen LogP contribution in [0.15, 0.2) is 26.8 Å². The third-order valence-corrected chi connectivity index (χ3v) is 1.78. The van der Waals surface area contributed by atoms with Gasteiger partial charge in [0.05, 0.1) is 5.39 Å². The zero-order valence-corrected chi connectivity index (χ0v) is 7.26. The minimum Gasteiger partial charge on any atom is -0.267 e. The number of fused-ring (bicyclic) bond motifs is 1. The van der Waals surface area contributed by atoms with E-state index in [9.17, 15) is 9.59 Å². The van der Waals surface area contributed by atoms with Gasteiger partial charge in [-0.05, 0) is 22.8 Å². The highest BCUT2D eigenvalue weighted by molar-refractivity contribution is 5.77. The molecule has 2 aromatic rings. The monoisotopic (exact) mass is 204 g/mol. The van der Waals surface area contributed by atoms with Gasteiger partial charge >= 0.3 is 0 Å². The molecule has 0 atom stereocenters. The molecule has 8 heteroatoms. The van der Waals surface area contributed by atoms with Gasteiger partial charge in [-0.25, -0.2) is 4.98 Å². The van der Waals surface area contributed by atoms with E-state index < -0.39 is 11.1 Å². The van der Waals surface area contributed by atoms with E-state index in [2.05, 4.69) is 25.2 Å². The summed E-state index contributed by atoms with van der Waals surface area (Å²) in [7, 11) is 0. The van der Waals surface area contributed by atoms with Gasteiger partial charge < -0.3 is 0 Å². The van der Waals surface area contributed by atoms with Crippen LogP contribution in [0, 0.1) is 0 Å². The fraction of sp³-hybridized carbons (Fsp3) is 0. The van der Waals surface area contributed by atoms with Crippen LogP contribution in [0.4, 0.5) is 5.82 Å². The van der Waals surface area contributed by atoms with Crippen molar-refractivity contribution < 1.29 is 0 Å². The number of pyridine rings is 1. The van der Waals surface area contributed by atoms with Gasteiger partial charge in [-0.3, -0.25) is 19.8 Å². The summed E-state index contributed by atoms with van der Waals surface area (Å²) in [6.45, 7) is 0. The summed E-state index contributed by atoms with van der Waals surface area (Å²) in [5.41, 5.74) is 7.13. The fourth-order valence-electron chi connectivity index (χ4n) is 1.15. The van der Waals surface area contributed by atoms with Crippen molar-refractivity contribution in [3.63, 3.8) is 0 Å². The molecule has 0 amide bonds. The predicted octanol–water partition coefficient (Wildman–Crippen LogP) is 0.553. The maximum absolute atomic E-state index is 11.3. The Hall–Kier alpha value is -2.60. The second-order valence-corrected chi connectivity index (χ2v) is 2.66. The Morgan fingerprint density at radius 2 is 2.00 bits per heavy atom. The van der Waals surface area contributed by atoms with Gasteiger partial charge in [0.2, 0.25) is 0 Å². The van der Waals surface area contributed by atoms with E-state index in [1.54, 1.807) is 0 Å². The molecule has 0 fully saturated rings. The number of hydrogen-bond acceptors (Lipinski definition) is 4. The minimum absolute atomic E-state index is 0.0427. The number of nitrogens with zero attached hydrogens (tertiary/aromatic N) is 4. The van der Waals surface area contributed by atoms with Crippen LogP contribution in [-0.4, -0.2) is 15.2 Å². The number of hydrogen-bond donors (Lipinski definition) is 2. The van der Waals surface area contributed by atoms with Crippen LogP contribution in [0.2, 0.25) is 0 Å². The summed E-state index contributed by atoms with van der Waals surface area (Å²) in [5.74, 6) is 0.0427. The highest BCUT2D eigenvalue weighted by Crippen LogP contribution is 2.10. The lowest BCUT2D eigenvalue weighted by Gasteiger charge is -1.95. The van der Waals surface area contributed by atoms with Crippen LogP contribution in [0.3, 0.4) is 0 Å². The molecule has 0 unspecified atom stereocenters. The molecule has 0 saturated heterocycles. The first-order chi connectivity index (χ1) is 7.22. The van der Waals surface area contributed by atoms with Crippen molar-refractivity contribution in [3.8, 4) is 0 Å². The molecular weight excluding hydrogens is 200 g/mol. The SMILES string of the molecule is [N-]=[N+]=Nc1ccc2c(=O)[nH][nH]c(=O)c2n1. The molecular formula is C7H4N6O2. The molecule has 2 heterocycles. The Labute approximate surface area is 81.2 Å². The molecule has 74 valence electrons. The average molecular weight is 204 g/mol. The lowest BCUT2D eigenvalue weighted by Crippen LogP contribution is -2.19. The molecule has 0 radical (unpaired) electrons. The van der Waals surface area contributed by atoms with Crippen molar-refractivity contribution in [1.29, 1.82) is 0 Å². The third kappa shape index (κ3) is 1.45. The van der Waals surface area contributed by atoms with Crippen molar-refractivity contribution in [3.05, 3.63) is 43.3 Å². The largest absolute Gasteiger partial charge is 0.289 e. The van der Waals surface area contributed by atoms with Crippen molar-refractivity contribution in [2.75, 3.05) is 0 Å². The summed E-state index contributed by atoms with van der Waals surface area (Å²) in [6, 6.07) is 2.73. The maximum atomic E-state index is 11.3. The molecule has 0 aliphatic heterocycles. The number of rotatable bonds is 1. The van der Waals surface area contributed by atoms with Crippen molar-refractivity contribution in [2.45, 2.75) is 0 Å². The Morgan fingerprint density at radius 1 is 1.27 bits per heavy atom. The molecule has 2 rings (SSSR count). The van der Waals surface area contributed by atoms with E-state index in [1.807, 2.05) is 0 Å². The highest BCUT2D eigenvalue weighted by Gasteiger charge is 2.04. The maximum Gasteiger partial charge on any atom is 0.289 e. The standard InChI is InChI=1S/C7H4N6O2/c8-13-10-4-2-1-3-5(9-4)7(15)12-11-6(3)14/h1-2H,(H,11,14)(H,12,15). The Morgan fingerprint density at radius 3 is 2.73 bits per heavy atom. The zero-order chi connectivity index (χ0) is 10.8. The van der Waals surface area contributed by atoms with Gasteiger partial charge in [0, 0.05) is 4.91 Å². The first-order valence-corrected chi connectivity index (χ1v) is 3.89. The molecule has 0 aromatic carbocycles. The van der Waals surface area contributed by atoms with Gasteiger partial charge in [-0.2, -0.15) is 0 Å². The average Bonchev–Trinajstić information content (AvgIpc) is 2.24. The molecule has 0 aliphatic carbocycles. The molecule has 0 bridgehead atoms. The molecule has 2 aromatic heterocycles. The molecule has 15 heavy (non-hydrogen) atoms. The van der Waals surface area contributed by atoms with Crippen LogP contribution in [-0.2, 0) is 0 Å². The molecule has 2 N–H and O–H groups in total. The van der Waals surface area contributed by atoms with E-state index in [1.165, 1.54) is 12.1 Å². The van der Waals surface area contributed by atoms with E-state index >= 15 is 0 Å². The topological polar surface area (TPSA) is 127 Å². The zero-order valence-electron chi connectivity index (χ0n) is 7.26. The summed E-state index contributed by atoms with van der Waals surface area (Å²) in [5, 5.41) is 7.66. The highest BCUT2D eigenvalue weighted by atomic mass is 16.1. The fourth-order valence-corrected chi connectivity index (χ4v) is 1.15. The predicted molar refractivity (Wildman–Crippen MR) is 51.8 cm³/mol. The van der Waals surface area contributed by atoms with Gasteiger partial charge in [-0.15, -0.1) is 0 Å². The molecule has 8 nitrogen and oxygen atoms in total. The quantitative estimate of drug-likeness (QED) is 0.400. The van der Waals surface area contributed by atoms with Crippen LogP contribution in [0.25, 0.3) is 21.3 Å². The van der Waals surface area contributed by atoms with E-state index in [0.717, 1.165) is 0 Å². The van der Waals surface area contributed by atoms with Gasteiger partial charge in [0.15, 0.2) is 0 Å². The molecule has 0 saturated carbocycles. The van der Waals surface area contributed by atoms with E-state index in [4.69, 9.17) is 5.53 Å². The minimum atomic E-state index is -0.542. The Bertz CT molecular complexity index is 678. The summed E-state index contributed by atoms with van der Waals surface area (Å²) < 4.78 is 0. The Kier molecular flexibility index (Phi) is 1.96.